The highest BCUT2D eigenvalue weighted by Crippen LogP contribution is 2.29. The summed E-state index contributed by atoms with van der Waals surface area (Å²) in [7, 11) is 1.28. The summed E-state index contributed by atoms with van der Waals surface area (Å²) in [6, 6.07) is 5.03. The van der Waals surface area contributed by atoms with Crippen LogP contribution in [0.25, 0.3) is 0 Å². The summed E-state index contributed by atoms with van der Waals surface area (Å²) in [5, 5.41) is 0.576. The van der Waals surface area contributed by atoms with Gasteiger partial charge in [-0.05, 0) is 30.2 Å². The predicted octanol–water partition coefficient (Wildman–Crippen LogP) is 1.87. The zero-order valence-electron chi connectivity index (χ0n) is 8.12. The molecule has 0 bridgehead atoms. The minimum atomic E-state index is -0.691. The van der Waals surface area contributed by atoms with Gasteiger partial charge in [0.1, 0.15) is 5.92 Å². The molecule has 0 aromatic heterocycles. The Hall–Kier alpha value is -1.35. The summed E-state index contributed by atoms with van der Waals surface area (Å²) < 4.78 is 4.57. The van der Waals surface area contributed by atoms with E-state index in [4.69, 9.17) is 11.6 Å². The fraction of sp³-hybridized carbons (Fsp3) is 0.273. The Kier molecular flexibility index (Phi) is 2.49. The van der Waals surface area contributed by atoms with E-state index in [0.717, 1.165) is 5.56 Å². The number of carbonyl (C=O) groups is 2. The van der Waals surface area contributed by atoms with Crippen LogP contribution in [0.4, 0.5) is 0 Å². The van der Waals surface area contributed by atoms with Gasteiger partial charge in [-0.2, -0.15) is 0 Å². The third kappa shape index (κ3) is 1.63. The van der Waals surface area contributed by atoms with Crippen molar-refractivity contribution < 1.29 is 14.3 Å². The van der Waals surface area contributed by atoms with E-state index in [1.54, 1.807) is 18.2 Å². The molecule has 0 saturated heterocycles. The molecule has 3 nitrogen and oxygen atoms in total. The van der Waals surface area contributed by atoms with E-state index in [2.05, 4.69) is 4.74 Å². The van der Waals surface area contributed by atoms with Crippen LogP contribution in [-0.4, -0.2) is 18.9 Å². The fourth-order valence-electron chi connectivity index (χ4n) is 1.80. The maximum atomic E-state index is 11.8. The average molecular weight is 225 g/mol. The number of ether oxygens (including phenoxy) is 1. The molecule has 1 aliphatic carbocycles. The van der Waals surface area contributed by atoms with Gasteiger partial charge in [-0.1, -0.05) is 11.6 Å². The Morgan fingerprint density at radius 1 is 1.53 bits per heavy atom. The first-order valence-electron chi connectivity index (χ1n) is 4.54. The number of halogens is 1. The zero-order valence-corrected chi connectivity index (χ0v) is 8.88. The molecule has 0 heterocycles. The van der Waals surface area contributed by atoms with Crippen molar-refractivity contribution in [2.24, 2.45) is 5.92 Å². The SMILES string of the molecule is COC(=O)[C@@H]1Cc2cc(Cl)ccc2C1=O. The number of hydrogen-bond acceptors (Lipinski definition) is 3. The standard InChI is InChI=1S/C11H9ClO3/c1-15-11(14)9-5-6-4-7(12)2-3-8(6)10(9)13/h2-4,9H,5H2,1H3/t9-/m1/s1. The number of methoxy groups -OCH3 is 1. The molecule has 0 saturated carbocycles. The molecule has 1 aromatic rings. The lowest BCUT2D eigenvalue weighted by molar-refractivity contribution is -0.143. The number of fused-ring (bicyclic) bond motifs is 1. The maximum absolute atomic E-state index is 11.8. The molecule has 0 radical (unpaired) electrons. The molecule has 2 rings (SSSR count). The number of benzene rings is 1. The van der Waals surface area contributed by atoms with Crippen molar-refractivity contribution in [3.63, 3.8) is 0 Å². The molecule has 0 spiro atoms. The van der Waals surface area contributed by atoms with Gasteiger partial charge in [0.25, 0.3) is 0 Å². The minimum Gasteiger partial charge on any atom is -0.468 e. The van der Waals surface area contributed by atoms with Crippen molar-refractivity contribution in [2.45, 2.75) is 6.42 Å². The lowest BCUT2D eigenvalue weighted by Gasteiger charge is -2.03. The molecular formula is C11H9ClO3. The smallest absolute Gasteiger partial charge is 0.316 e. The monoisotopic (exact) mass is 224 g/mol. The Bertz CT molecular complexity index is 439. The van der Waals surface area contributed by atoms with Gasteiger partial charge >= 0.3 is 5.97 Å². The Balaban J connectivity index is 2.37. The van der Waals surface area contributed by atoms with Gasteiger partial charge in [0.2, 0.25) is 0 Å². The average Bonchev–Trinajstić information content (AvgIpc) is 2.54. The van der Waals surface area contributed by atoms with E-state index in [1.165, 1.54) is 7.11 Å². The topological polar surface area (TPSA) is 43.4 Å². The van der Waals surface area contributed by atoms with Crippen LogP contribution < -0.4 is 0 Å². The van der Waals surface area contributed by atoms with Gasteiger partial charge < -0.3 is 4.74 Å². The quantitative estimate of drug-likeness (QED) is 0.540. The first-order valence-corrected chi connectivity index (χ1v) is 4.91. The second-order valence-corrected chi connectivity index (χ2v) is 3.88. The molecular weight excluding hydrogens is 216 g/mol. The van der Waals surface area contributed by atoms with E-state index in [-0.39, 0.29) is 5.78 Å². The van der Waals surface area contributed by atoms with Crippen molar-refractivity contribution >= 4 is 23.4 Å². The normalized spacial score (nSPS) is 18.8. The highest BCUT2D eigenvalue weighted by atomic mass is 35.5. The number of esters is 1. The van der Waals surface area contributed by atoms with E-state index in [9.17, 15) is 9.59 Å². The molecule has 0 aliphatic heterocycles. The predicted molar refractivity (Wildman–Crippen MR) is 55.0 cm³/mol. The lowest BCUT2D eigenvalue weighted by atomic mass is 10.1. The van der Waals surface area contributed by atoms with Gasteiger partial charge in [0, 0.05) is 10.6 Å². The van der Waals surface area contributed by atoms with Gasteiger partial charge in [-0.3, -0.25) is 9.59 Å². The van der Waals surface area contributed by atoms with Crippen molar-refractivity contribution in [3.05, 3.63) is 34.3 Å². The van der Waals surface area contributed by atoms with Crippen LogP contribution in [0.2, 0.25) is 5.02 Å². The van der Waals surface area contributed by atoms with Crippen LogP contribution in [0.5, 0.6) is 0 Å². The lowest BCUT2D eigenvalue weighted by Crippen LogP contribution is -2.21. The van der Waals surface area contributed by atoms with Crippen LogP contribution in [0, 0.1) is 5.92 Å². The number of rotatable bonds is 1. The number of carbonyl (C=O) groups excluding carboxylic acids is 2. The third-order valence-electron chi connectivity index (χ3n) is 2.56. The summed E-state index contributed by atoms with van der Waals surface area (Å²) in [4.78, 5) is 23.1. The van der Waals surface area contributed by atoms with Crippen LogP contribution in [0.15, 0.2) is 18.2 Å². The van der Waals surface area contributed by atoms with E-state index < -0.39 is 11.9 Å². The Labute approximate surface area is 92.0 Å². The second-order valence-electron chi connectivity index (χ2n) is 3.45. The number of ketones is 1. The summed E-state index contributed by atoms with van der Waals surface area (Å²) in [5.74, 6) is -1.34. The highest BCUT2D eigenvalue weighted by molar-refractivity contribution is 6.31. The first-order chi connectivity index (χ1) is 7.13. The summed E-state index contributed by atoms with van der Waals surface area (Å²) in [6.07, 6.45) is 0.390. The molecule has 0 amide bonds. The summed E-state index contributed by atoms with van der Waals surface area (Å²) >= 11 is 5.80. The Morgan fingerprint density at radius 2 is 2.27 bits per heavy atom. The van der Waals surface area contributed by atoms with Gasteiger partial charge in [0.15, 0.2) is 5.78 Å². The van der Waals surface area contributed by atoms with Crippen molar-refractivity contribution in [3.8, 4) is 0 Å². The van der Waals surface area contributed by atoms with E-state index in [1.807, 2.05) is 0 Å². The minimum absolute atomic E-state index is 0.173. The molecule has 1 atom stereocenters. The summed E-state index contributed by atoms with van der Waals surface area (Å²) in [5.41, 5.74) is 1.40. The summed E-state index contributed by atoms with van der Waals surface area (Å²) in [6.45, 7) is 0. The fourth-order valence-corrected chi connectivity index (χ4v) is 2.00. The maximum Gasteiger partial charge on any atom is 0.316 e. The molecule has 4 heteroatoms. The van der Waals surface area contributed by atoms with Gasteiger partial charge in [-0.25, -0.2) is 0 Å². The molecule has 0 N–H and O–H groups in total. The first kappa shape index (κ1) is 10.2. The van der Waals surface area contributed by atoms with Crippen LogP contribution >= 0.6 is 11.6 Å². The van der Waals surface area contributed by atoms with E-state index in [0.29, 0.717) is 17.0 Å². The van der Waals surface area contributed by atoms with E-state index >= 15 is 0 Å². The number of hydrogen-bond donors (Lipinski definition) is 0. The van der Waals surface area contributed by atoms with Gasteiger partial charge in [0.05, 0.1) is 7.11 Å². The van der Waals surface area contributed by atoms with Crippen LogP contribution in [-0.2, 0) is 16.0 Å². The molecule has 15 heavy (non-hydrogen) atoms. The molecule has 78 valence electrons. The molecule has 0 unspecified atom stereocenters. The zero-order chi connectivity index (χ0) is 11.0. The molecule has 0 fully saturated rings. The largest absolute Gasteiger partial charge is 0.468 e. The Morgan fingerprint density at radius 3 is 2.93 bits per heavy atom. The van der Waals surface area contributed by atoms with Crippen LogP contribution in [0.3, 0.4) is 0 Å². The highest BCUT2D eigenvalue weighted by Gasteiger charge is 2.36. The van der Waals surface area contributed by atoms with Crippen LogP contribution in [0.1, 0.15) is 15.9 Å². The molecule has 1 aromatic carbocycles. The molecule has 1 aliphatic rings. The van der Waals surface area contributed by atoms with Crippen molar-refractivity contribution in [2.75, 3.05) is 7.11 Å². The van der Waals surface area contributed by atoms with Crippen molar-refractivity contribution in [1.82, 2.24) is 0 Å². The third-order valence-corrected chi connectivity index (χ3v) is 2.79. The van der Waals surface area contributed by atoms with Gasteiger partial charge in [-0.15, -0.1) is 0 Å². The van der Waals surface area contributed by atoms with Crippen molar-refractivity contribution in [1.29, 1.82) is 0 Å². The number of Topliss-reactive ketones (excluding diaryl/α,β-unsaturated/α-hetero) is 1. The second kappa shape index (κ2) is 3.66.